The number of nitrogen functional groups attached to an aromatic ring is 1. The van der Waals surface area contributed by atoms with Gasteiger partial charge in [0.2, 0.25) is 5.13 Å². The molecule has 0 unspecified atom stereocenters. The Labute approximate surface area is 136 Å². The Hall–Kier alpha value is -2.81. The number of benzene rings is 1. The molecule has 0 aliphatic carbocycles. The Bertz CT molecular complexity index is 702. The van der Waals surface area contributed by atoms with Crippen LogP contribution in [-0.2, 0) is 9.53 Å². The number of nitrogens with one attached hydrogen (secondary N) is 1. The molecule has 1 aromatic heterocycles. The van der Waals surface area contributed by atoms with Crippen molar-refractivity contribution in [1.82, 2.24) is 4.98 Å². The smallest absolute Gasteiger partial charge is 0.343 e. The number of hydrogen-bond donors (Lipinski definition) is 2. The second kappa shape index (κ2) is 7.99. The van der Waals surface area contributed by atoms with Crippen LogP contribution in [-0.4, -0.2) is 38.0 Å². The lowest BCUT2D eigenvalue weighted by molar-refractivity contribution is -0.142. The van der Waals surface area contributed by atoms with Crippen molar-refractivity contribution in [2.24, 2.45) is 5.10 Å². The Morgan fingerprint density at radius 3 is 2.91 bits per heavy atom. The number of carbonyl (C=O) groups excluding carboxylic acids is 1. The largest absolute Gasteiger partial charge is 0.493 e. The summed E-state index contributed by atoms with van der Waals surface area (Å²) in [6.45, 7) is -0.187. The van der Waals surface area contributed by atoms with Crippen molar-refractivity contribution in [3.8, 4) is 11.5 Å². The zero-order valence-corrected chi connectivity index (χ0v) is 13.4. The fraction of sp³-hybridized carbons (Fsp3) is 0.214. The Kier molecular flexibility index (Phi) is 5.75. The Balaban J connectivity index is 2.01. The van der Waals surface area contributed by atoms with E-state index < -0.39 is 5.97 Å². The zero-order valence-electron chi connectivity index (χ0n) is 12.6. The van der Waals surface area contributed by atoms with E-state index in [1.807, 2.05) is 0 Å². The van der Waals surface area contributed by atoms with Gasteiger partial charge in [-0.1, -0.05) is 0 Å². The Morgan fingerprint density at radius 2 is 2.26 bits per heavy atom. The zero-order chi connectivity index (χ0) is 16.7. The van der Waals surface area contributed by atoms with Gasteiger partial charge in [-0.2, -0.15) is 5.10 Å². The van der Waals surface area contributed by atoms with Crippen LogP contribution in [0.3, 0.4) is 0 Å². The molecule has 0 atom stereocenters. The first kappa shape index (κ1) is 16.6. The van der Waals surface area contributed by atoms with Gasteiger partial charge in [0.15, 0.2) is 18.1 Å². The van der Waals surface area contributed by atoms with Crippen LogP contribution < -0.4 is 20.6 Å². The van der Waals surface area contributed by atoms with Gasteiger partial charge in [-0.05, 0) is 23.8 Å². The molecule has 1 aromatic carbocycles. The van der Waals surface area contributed by atoms with E-state index in [2.05, 4.69) is 20.2 Å². The van der Waals surface area contributed by atoms with Gasteiger partial charge in [-0.15, -0.1) is 11.3 Å². The number of methoxy groups -OCH3 is 2. The van der Waals surface area contributed by atoms with Crippen molar-refractivity contribution in [2.75, 3.05) is 32.0 Å². The molecular formula is C14H16N4O4S. The molecule has 0 aliphatic rings. The van der Waals surface area contributed by atoms with Crippen molar-refractivity contribution in [3.05, 3.63) is 29.1 Å². The summed E-state index contributed by atoms with van der Waals surface area (Å²) in [5.41, 5.74) is 9.08. The highest BCUT2D eigenvalue weighted by atomic mass is 32.1. The van der Waals surface area contributed by atoms with Crippen molar-refractivity contribution >= 4 is 34.5 Å². The average Bonchev–Trinajstić information content (AvgIpc) is 2.98. The number of carbonyl (C=O) groups is 1. The van der Waals surface area contributed by atoms with Crippen LogP contribution in [0.4, 0.5) is 10.9 Å². The third-order valence-electron chi connectivity index (χ3n) is 2.66. The van der Waals surface area contributed by atoms with Gasteiger partial charge in [0.05, 0.1) is 20.4 Å². The minimum atomic E-state index is -0.468. The lowest BCUT2D eigenvalue weighted by Gasteiger charge is -2.10. The van der Waals surface area contributed by atoms with E-state index >= 15 is 0 Å². The van der Waals surface area contributed by atoms with Crippen molar-refractivity contribution in [1.29, 1.82) is 0 Å². The van der Waals surface area contributed by atoms with E-state index in [0.717, 1.165) is 5.56 Å². The first-order valence-electron chi connectivity index (χ1n) is 6.50. The van der Waals surface area contributed by atoms with E-state index in [0.29, 0.717) is 22.4 Å². The lowest BCUT2D eigenvalue weighted by atomic mass is 10.2. The highest BCUT2D eigenvalue weighted by molar-refractivity contribution is 7.14. The fourth-order valence-corrected chi connectivity index (χ4v) is 2.13. The van der Waals surface area contributed by atoms with Gasteiger partial charge in [0.25, 0.3) is 0 Å². The molecule has 1 heterocycles. The lowest BCUT2D eigenvalue weighted by Crippen LogP contribution is -2.13. The summed E-state index contributed by atoms with van der Waals surface area (Å²) in [5.74, 6) is 0.901. The van der Waals surface area contributed by atoms with Gasteiger partial charge >= 0.3 is 5.97 Å². The number of nitrogens with zero attached hydrogens (tertiary/aromatic N) is 2. The summed E-state index contributed by atoms with van der Waals surface area (Å²) in [6, 6.07) is 5.19. The molecule has 0 saturated carbocycles. The molecule has 2 aromatic rings. The van der Waals surface area contributed by atoms with Crippen molar-refractivity contribution in [3.63, 3.8) is 0 Å². The third kappa shape index (κ3) is 4.85. The predicted octanol–water partition coefficient (Wildman–Crippen LogP) is 1.73. The molecule has 0 aliphatic heterocycles. The summed E-state index contributed by atoms with van der Waals surface area (Å²) >= 11 is 1.36. The molecule has 0 radical (unpaired) electrons. The quantitative estimate of drug-likeness (QED) is 0.450. The summed E-state index contributed by atoms with van der Waals surface area (Å²) in [6.07, 6.45) is 1.60. The van der Waals surface area contributed by atoms with Crippen molar-refractivity contribution in [2.45, 2.75) is 0 Å². The van der Waals surface area contributed by atoms with E-state index in [1.165, 1.54) is 25.6 Å². The molecule has 0 spiro atoms. The van der Waals surface area contributed by atoms with Crippen LogP contribution in [0.25, 0.3) is 0 Å². The molecule has 2 rings (SSSR count). The second-order valence-electron chi connectivity index (χ2n) is 4.22. The molecule has 0 saturated heterocycles. The summed E-state index contributed by atoms with van der Waals surface area (Å²) in [7, 11) is 2.81. The minimum Gasteiger partial charge on any atom is -0.493 e. The number of esters is 1. The Morgan fingerprint density at radius 1 is 1.43 bits per heavy atom. The van der Waals surface area contributed by atoms with Crippen LogP contribution in [0.5, 0.6) is 11.5 Å². The normalized spacial score (nSPS) is 10.5. The van der Waals surface area contributed by atoms with E-state index in [4.69, 9.17) is 15.2 Å². The number of hydrazone groups is 1. The SMILES string of the molecule is COC(=O)COc1ccc(C=NNc2nc(N)cs2)cc1OC. The topological polar surface area (TPSA) is 108 Å². The van der Waals surface area contributed by atoms with Gasteiger partial charge < -0.3 is 19.9 Å². The first-order chi connectivity index (χ1) is 11.1. The molecule has 3 N–H and O–H groups in total. The number of nitrogens with two attached hydrogens (primary N) is 1. The first-order valence-corrected chi connectivity index (χ1v) is 7.38. The third-order valence-corrected chi connectivity index (χ3v) is 3.42. The van der Waals surface area contributed by atoms with Gasteiger partial charge in [0.1, 0.15) is 5.82 Å². The van der Waals surface area contributed by atoms with Crippen LogP contribution in [0.15, 0.2) is 28.7 Å². The van der Waals surface area contributed by atoms with Gasteiger partial charge in [-0.3, -0.25) is 5.43 Å². The van der Waals surface area contributed by atoms with Crippen LogP contribution in [0.2, 0.25) is 0 Å². The molecule has 0 bridgehead atoms. The van der Waals surface area contributed by atoms with Crippen molar-refractivity contribution < 1.29 is 19.0 Å². The number of ether oxygens (including phenoxy) is 3. The molecule has 8 nitrogen and oxygen atoms in total. The van der Waals surface area contributed by atoms with Gasteiger partial charge in [-0.25, -0.2) is 9.78 Å². The maximum atomic E-state index is 11.1. The highest BCUT2D eigenvalue weighted by Crippen LogP contribution is 2.27. The summed E-state index contributed by atoms with van der Waals surface area (Å²) in [5, 5.41) is 6.38. The fourth-order valence-electron chi connectivity index (χ4n) is 1.58. The number of anilines is 2. The maximum Gasteiger partial charge on any atom is 0.343 e. The van der Waals surface area contributed by atoms with E-state index in [9.17, 15) is 4.79 Å². The monoisotopic (exact) mass is 336 g/mol. The van der Waals surface area contributed by atoms with E-state index in [1.54, 1.807) is 29.8 Å². The molecule has 122 valence electrons. The van der Waals surface area contributed by atoms with Crippen LogP contribution >= 0.6 is 11.3 Å². The molecule has 0 fully saturated rings. The number of aromatic nitrogens is 1. The second-order valence-corrected chi connectivity index (χ2v) is 5.08. The summed E-state index contributed by atoms with van der Waals surface area (Å²) in [4.78, 5) is 15.1. The van der Waals surface area contributed by atoms with Crippen LogP contribution in [0.1, 0.15) is 5.56 Å². The van der Waals surface area contributed by atoms with Gasteiger partial charge in [0, 0.05) is 5.38 Å². The molecule has 9 heteroatoms. The minimum absolute atomic E-state index is 0.187. The highest BCUT2D eigenvalue weighted by Gasteiger charge is 2.08. The number of hydrogen-bond acceptors (Lipinski definition) is 9. The number of thiazole rings is 1. The predicted molar refractivity (Wildman–Crippen MR) is 88.2 cm³/mol. The van der Waals surface area contributed by atoms with E-state index in [-0.39, 0.29) is 6.61 Å². The average molecular weight is 336 g/mol. The van der Waals surface area contributed by atoms with Crippen LogP contribution in [0, 0.1) is 0 Å². The maximum absolute atomic E-state index is 11.1. The standard InChI is InChI=1S/C14H16N4O4S/c1-20-11-5-9(3-4-10(11)22-7-13(19)21-2)6-16-18-14-17-12(15)8-23-14/h3-6,8H,7,15H2,1-2H3,(H,17,18). The molecule has 23 heavy (non-hydrogen) atoms. The molecule has 0 amide bonds. The molecular weight excluding hydrogens is 320 g/mol. The summed E-state index contributed by atoms with van der Waals surface area (Å²) < 4.78 is 15.1. The number of rotatable bonds is 7.